The maximum absolute atomic E-state index is 2.39. The van der Waals surface area contributed by atoms with Crippen molar-refractivity contribution in [1.82, 2.24) is 0 Å². The predicted molar refractivity (Wildman–Crippen MR) is 64.5 cm³/mol. The van der Waals surface area contributed by atoms with Crippen LogP contribution in [0.5, 0.6) is 0 Å². The summed E-state index contributed by atoms with van der Waals surface area (Å²) in [4.78, 5) is 0. The van der Waals surface area contributed by atoms with E-state index >= 15 is 0 Å². The second-order valence-electron chi connectivity index (χ2n) is 4.72. The molecule has 0 bridgehead atoms. The van der Waals surface area contributed by atoms with Crippen LogP contribution in [0.1, 0.15) is 52.4 Å². The molecule has 14 heavy (non-hydrogen) atoms. The first-order valence-electron chi connectivity index (χ1n) is 6.09. The van der Waals surface area contributed by atoms with Crippen LogP contribution in [0.4, 0.5) is 0 Å². The molecule has 1 heteroatoms. The Kier molecular flexibility index (Phi) is 5.68. The minimum atomic E-state index is 0.870. The summed E-state index contributed by atoms with van der Waals surface area (Å²) in [5.41, 5.74) is 1.61. The second-order valence-corrected chi connectivity index (χ2v) is 4.72. The van der Waals surface area contributed by atoms with Crippen molar-refractivity contribution in [3.8, 4) is 0 Å². The molecule has 0 N–H and O–H groups in total. The molecule has 0 fully saturated rings. The van der Waals surface area contributed by atoms with Crippen LogP contribution >= 0.6 is 0 Å². The van der Waals surface area contributed by atoms with Gasteiger partial charge in [0.1, 0.15) is 0 Å². The molecule has 0 aromatic rings. The van der Waals surface area contributed by atoms with Crippen LogP contribution in [-0.4, -0.2) is 17.7 Å². The third-order valence-electron chi connectivity index (χ3n) is 3.16. The van der Waals surface area contributed by atoms with Gasteiger partial charge in [-0.2, -0.15) is 0 Å². The molecular weight excluding hydrogens is 163 g/mol. The summed E-state index contributed by atoms with van der Waals surface area (Å²) < 4.78 is 1.59. The van der Waals surface area contributed by atoms with Crippen molar-refractivity contribution in [3.05, 3.63) is 22.0 Å². The number of hydrogen-bond donors (Lipinski definition) is 0. The fraction of sp³-hybridized carbons (Fsp3) is 0.692. The summed E-state index contributed by atoms with van der Waals surface area (Å²) in [6.45, 7) is 4.67. The first-order chi connectivity index (χ1) is 6.74. The van der Waals surface area contributed by atoms with Gasteiger partial charge in [0.05, 0.1) is 0 Å². The van der Waals surface area contributed by atoms with E-state index in [2.05, 4.69) is 43.7 Å². The molecule has 1 rings (SSSR count). The third kappa shape index (κ3) is 4.07. The Morgan fingerprint density at radius 1 is 1.43 bits per heavy atom. The van der Waals surface area contributed by atoms with Gasteiger partial charge < -0.3 is 0 Å². The van der Waals surface area contributed by atoms with E-state index in [1.165, 1.54) is 38.5 Å². The van der Waals surface area contributed by atoms with Gasteiger partial charge in [0, 0.05) is 0 Å². The second kappa shape index (κ2) is 6.54. The van der Waals surface area contributed by atoms with E-state index in [4.69, 9.17) is 0 Å². The van der Waals surface area contributed by atoms with E-state index in [9.17, 15) is 0 Å². The van der Waals surface area contributed by atoms with Crippen LogP contribution < -0.4 is 0 Å². The SMILES string of the molecule is [Li][C]1=C(CC(C)CCCCC)C=CC1. The van der Waals surface area contributed by atoms with Crippen molar-refractivity contribution >= 4 is 17.7 Å². The molecule has 0 radical (unpaired) electrons. The number of unbranched alkanes of at least 4 members (excludes halogenated alkanes) is 2. The molecule has 0 saturated carbocycles. The average Bonchev–Trinajstić information content (AvgIpc) is 2.52. The molecule has 0 aromatic carbocycles. The van der Waals surface area contributed by atoms with Gasteiger partial charge in [0.25, 0.3) is 0 Å². The number of allylic oxidation sites excluding steroid dienone is 4. The molecule has 0 spiro atoms. The van der Waals surface area contributed by atoms with Crippen molar-refractivity contribution in [1.29, 1.82) is 0 Å². The average molecular weight is 184 g/mol. The monoisotopic (exact) mass is 184 g/mol. The van der Waals surface area contributed by atoms with E-state index in [0.29, 0.717) is 0 Å². The van der Waals surface area contributed by atoms with Crippen LogP contribution in [0.25, 0.3) is 0 Å². The van der Waals surface area contributed by atoms with Gasteiger partial charge in [0.15, 0.2) is 0 Å². The van der Waals surface area contributed by atoms with Gasteiger partial charge in [-0.05, 0) is 0 Å². The molecule has 1 unspecified atom stereocenters. The summed E-state index contributed by atoms with van der Waals surface area (Å²) in [5.74, 6) is 0.870. The van der Waals surface area contributed by atoms with Crippen LogP contribution in [0, 0.1) is 5.92 Å². The van der Waals surface area contributed by atoms with Gasteiger partial charge in [-0.15, -0.1) is 0 Å². The molecule has 74 valence electrons. The van der Waals surface area contributed by atoms with E-state index in [-0.39, 0.29) is 0 Å². The molecule has 1 aliphatic carbocycles. The zero-order valence-electron chi connectivity index (χ0n) is 9.97. The fourth-order valence-electron chi connectivity index (χ4n) is 2.11. The van der Waals surface area contributed by atoms with E-state index in [0.717, 1.165) is 5.92 Å². The van der Waals surface area contributed by atoms with E-state index in [1.54, 1.807) is 9.82 Å². The zero-order chi connectivity index (χ0) is 10.4. The van der Waals surface area contributed by atoms with Gasteiger partial charge in [-0.3, -0.25) is 0 Å². The summed E-state index contributed by atoms with van der Waals surface area (Å²) in [6.07, 6.45) is 12.7. The van der Waals surface area contributed by atoms with Gasteiger partial charge >= 0.3 is 98.0 Å². The standard InChI is InChI=1S/C13H21.Li/c1-3-4-5-8-12(2)11-13-9-6-7-10-13;/h6,9,12H,3-5,7-8,11H2,1-2H3;. The topological polar surface area (TPSA) is 0 Å². The molecular formula is C13H21Li. The van der Waals surface area contributed by atoms with Crippen molar-refractivity contribution < 1.29 is 0 Å². The van der Waals surface area contributed by atoms with Crippen LogP contribution in [0.3, 0.4) is 0 Å². The van der Waals surface area contributed by atoms with Crippen molar-refractivity contribution in [3.63, 3.8) is 0 Å². The van der Waals surface area contributed by atoms with Crippen LogP contribution in [0.15, 0.2) is 22.0 Å². The van der Waals surface area contributed by atoms with Crippen molar-refractivity contribution in [2.24, 2.45) is 5.92 Å². The van der Waals surface area contributed by atoms with Gasteiger partial charge in [-0.1, -0.05) is 0 Å². The quantitative estimate of drug-likeness (QED) is 0.432. The van der Waals surface area contributed by atoms with Gasteiger partial charge in [-0.25, -0.2) is 0 Å². The molecule has 0 saturated heterocycles. The molecule has 0 aliphatic heterocycles. The van der Waals surface area contributed by atoms with Crippen molar-refractivity contribution in [2.45, 2.75) is 52.4 Å². The Balaban J connectivity index is 2.23. The molecule has 0 nitrogen and oxygen atoms in total. The summed E-state index contributed by atoms with van der Waals surface area (Å²) in [6, 6.07) is 0. The van der Waals surface area contributed by atoms with E-state index in [1.807, 2.05) is 0 Å². The number of rotatable bonds is 6. The maximum atomic E-state index is 2.39. The Morgan fingerprint density at radius 2 is 2.21 bits per heavy atom. The molecule has 0 aromatic heterocycles. The predicted octanol–water partition coefficient (Wildman–Crippen LogP) is 3.98. The Hall–Kier alpha value is 0.0774. The Bertz CT molecular complexity index is 225. The molecule has 0 heterocycles. The zero-order valence-corrected chi connectivity index (χ0v) is 9.97. The first-order valence-corrected chi connectivity index (χ1v) is 6.09. The van der Waals surface area contributed by atoms with E-state index < -0.39 is 0 Å². The molecule has 1 atom stereocenters. The molecule has 1 aliphatic rings. The third-order valence-corrected chi connectivity index (χ3v) is 3.16. The minimum absolute atomic E-state index is 0.870. The Labute approximate surface area is 98.1 Å². The summed E-state index contributed by atoms with van der Waals surface area (Å²) >= 11 is 2.27. The summed E-state index contributed by atoms with van der Waals surface area (Å²) in [5, 5.41) is 0. The fourth-order valence-corrected chi connectivity index (χ4v) is 2.11. The normalized spacial score (nSPS) is 18.0. The van der Waals surface area contributed by atoms with Gasteiger partial charge in [0.2, 0.25) is 0 Å². The van der Waals surface area contributed by atoms with Crippen LogP contribution in [0.2, 0.25) is 0 Å². The first kappa shape index (κ1) is 12.1. The van der Waals surface area contributed by atoms with Crippen LogP contribution in [-0.2, 0) is 0 Å². The summed E-state index contributed by atoms with van der Waals surface area (Å²) in [7, 11) is 0. The Morgan fingerprint density at radius 3 is 2.79 bits per heavy atom. The van der Waals surface area contributed by atoms with Crippen molar-refractivity contribution in [2.75, 3.05) is 0 Å². The number of hydrogen-bond acceptors (Lipinski definition) is 0. The molecule has 0 amide bonds.